The third-order valence-corrected chi connectivity index (χ3v) is 5.03. The van der Waals surface area contributed by atoms with Crippen molar-refractivity contribution < 1.29 is 18.7 Å². The summed E-state index contributed by atoms with van der Waals surface area (Å²) < 4.78 is 11.0. The predicted octanol–water partition coefficient (Wildman–Crippen LogP) is 5.35. The van der Waals surface area contributed by atoms with Gasteiger partial charge in [-0.25, -0.2) is 9.78 Å². The molecular formula is C24H26N2O4. The quantitative estimate of drug-likeness (QED) is 0.535. The minimum Gasteiger partial charge on any atom is -0.448 e. The fourth-order valence-electron chi connectivity index (χ4n) is 3.05. The predicted molar refractivity (Wildman–Crippen MR) is 115 cm³/mol. The summed E-state index contributed by atoms with van der Waals surface area (Å²) in [6.45, 7) is 7.37. The van der Waals surface area contributed by atoms with Crippen LogP contribution in [0.25, 0.3) is 11.5 Å². The molecule has 6 nitrogen and oxygen atoms in total. The number of oxazole rings is 1. The molecule has 2 atom stereocenters. The van der Waals surface area contributed by atoms with Gasteiger partial charge >= 0.3 is 5.97 Å². The van der Waals surface area contributed by atoms with Gasteiger partial charge in [0.1, 0.15) is 5.76 Å². The lowest BCUT2D eigenvalue weighted by Crippen LogP contribution is -2.30. The van der Waals surface area contributed by atoms with Crippen LogP contribution < -0.4 is 5.32 Å². The van der Waals surface area contributed by atoms with Crippen molar-refractivity contribution in [3.8, 4) is 11.5 Å². The van der Waals surface area contributed by atoms with Gasteiger partial charge in [-0.15, -0.1) is 0 Å². The average molecular weight is 406 g/mol. The Morgan fingerprint density at radius 3 is 2.43 bits per heavy atom. The van der Waals surface area contributed by atoms with Gasteiger partial charge in [0.15, 0.2) is 11.8 Å². The number of esters is 1. The van der Waals surface area contributed by atoms with Gasteiger partial charge in [-0.05, 0) is 49.9 Å². The molecular weight excluding hydrogens is 380 g/mol. The van der Waals surface area contributed by atoms with E-state index in [-0.39, 0.29) is 5.69 Å². The third-order valence-electron chi connectivity index (χ3n) is 5.03. The summed E-state index contributed by atoms with van der Waals surface area (Å²) in [5.74, 6) is -0.124. The van der Waals surface area contributed by atoms with E-state index >= 15 is 0 Å². The number of benzene rings is 2. The number of aromatic nitrogens is 1. The summed E-state index contributed by atoms with van der Waals surface area (Å²) in [5, 5.41) is 2.87. The first-order chi connectivity index (χ1) is 14.4. The van der Waals surface area contributed by atoms with Crippen molar-refractivity contribution in [2.75, 3.05) is 5.32 Å². The van der Waals surface area contributed by atoms with E-state index in [9.17, 15) is 9.59 Å². The largest absolute Gasteiger partial charge is 0.448 e. The van der Waals surface area contributed by atoms with Crippen LogP contribution in [0.3, 0.4) is 0 Å². The standard InChI is InChI=1S/C24H26N2O4/c1-5-15(2)19-13-9-10-14-20(19)25-22(27)17(4)30-24(28)21-16(3)29-23(26-21)18-11-7-6-8-12-18/h6-15,17H,5H2,1-4H3,(H,25,27)/t15-,17-/m0/s1. The fourth-order valence-corrected chi connectivity index (χ4v) is 3.05. The average Bonchev–Trinajstić information content (AvgIpc) is 3.16. The van der Waals surface area contributed by atoms with E-state index in [4.69, 9.17) is 9.15 Å². The molecule has 1 N–H and O–H groups in total. The van der Waals surface area contributed by atoms with Crippen molar-refractivity contribution in [1.82, 2.24) is 4.98 Å². The first kappa shape index (κ1) is 21.3. The van der Waals surface area contributed by atoms with E-state index < -0.39 is 18.0 Å². The molecule has 0 radical (unpaired) electrons. The number of ether oxygens (including phenoxy) is 1. The number of nitrogens with zero attached hydrogens (tertiary/aromatic N) is 1. The number of para-hydroxylation sites is 1. The molecule has 0 saturated heterocycles. The van der Waals surface area contributed by atoms with Crippen LogP contribution in [0.5, 0.6) is 0 Å². The molecule has 0 aliphatic rings. The molecule has 30 heavy (non-hydrogen) atoms. The lowest BCUT2D eigenvalue weighted by Gasteiger charge is -2.18. The van der Waals surface area contributed by atoms with E-state index in [2.05, 4.69) is 24.1 Å². The Labute approximate surface area is 176 Å². The molecule has 0 spiro atoms. The SMILES string of the molecule is CC[C@H](C)c1ccccc1NC(=O)[C@H](C)OC(=O)c1nc(-c2ccccc2)oc1C. The summed E-state index contributed by atoms with van der Waals surface area (Å²) in [6, 6.07) is 16.9. The normalized spacial score (nSPS) is 12.8. The summed E-state index contributed by atoms with van der Waals surface area (Å²) in [6.07, 6.45) is -0.0363. The van der Waals surface area contributed by atoms with Gasteiger partial charge in [0.25, 0.3) is 5.91 Å². The number of anilines is 1. The van der Waals surface area contributed by atoms with Crippen molar-refractivity contribution in [3.63, 3.8) is 0 Å². The molecule has 1 heterocycles. The number of nitrogens with one attached hydrogen (secondary N) is 1. The molecule has 0 aliphatic heterocycles. The molecule has 0 saturated carbocycles. The Balaban J connectivity index is 1.69. The molecule has 0 unspecified atom stereocenters. The molecule has 1 aromatic heterocycles. The number of amides is 1. The van der Waals surface area contributed by atoms with Gasteiger partial charge in [0, 0.05) is 11.3 Å². The molecule has 3 aromatic rings. The van der Waals surface area contributed by atoms with Crippen LogP contribution in [0.2, 0.25) is 0 Å². The van der Waals surface area contributed by atoms with Crippen LogP contribution in [-0.2, 0) is 9.53 Å². The zero-order chi connectivity index (χ0) is 21.7. The van der Waals surface area contributed by atoms with E-state index in [0.29, 0.717) is 17.6 Å². The molecule has 0 bridgehead atoms. The maximum atomic E-state index is 12.6. The number of rotatable bonds is 7. The highest BCUT2D eigenvalue weighted by Crippen LogP contribution is 2.27. The topological polar surface area (TPSA) is 81.4 Å². The maximum absolute atomic E-state index is 12.6. The van der Waals surface area contributed by atoms with Crippen LogP contribution in [0.4, 0.5) is 5.69 Å². The highest BCUT2D eigenvalue weighted by Gasteiger charge is 2.25. The van der Waals surface area contributed by atoms with Gasteiger partial charge in [0.05, 0.1) is 0 Å². The van der Waals surface area contributed by atoms with E-state index in [0.717, 1.165) is 23.2 Å². The summed E-state index contributed by atoms with van der Waals surface area (Å²) in [4.78, 5) is 29.4. The number of carbonyl (C=O) groups excluding carboxylic acids is 2. The molecule has 156 valence electrons. The molecule has 3 rings (SSSR count). The van der Waals surface area contributed by atoms with Crippen molar-refractivity contribution in [3.05, 3.63) is 71.6 Å². The van der Waals surface area contributed by atoms with Crippen LogP contribution in [0, 0.1) is 6.92 Å². The van der Waals surface area contributed by atoms with Crippen LogP contribution in [-0.4, -0.2) is 23.0 Å². The fraction of sp³-hybridized carbons (Fsp3) is 0.292. The molecule has 2 aromatic carbocycles. The number of carbonyl (C=O) groups is 2. The monoisotopic (exact) mass is 406 g/mol. The third kappa shape index (κ3) is 4.76. The highest BCUT2D eigenvalue weighted by molar-refractivity contribution is 5.97. The Kier molecular flexibility index (Phi) is 6.67. The minimum absolute atomic E-state index is 0.0634. The van der Waals surface area contributed by atoms with Crippen LogP contribution in [0.1, 0.15) is 54.9 Å². The minimum atomic E-state index is -0.987. The van der Waals surface area contributed by atoms with Crippen molar-refractivity contribution in [2.24, 2.45) is 0 Å². The van der Waals surface area contributed by atoms with Crippen molar-refractivity contribution in [1.29, 1.82) is 0 Å². The number of aryl methyl sites for hydroxylation is 1. The van der Waals surface area contributed by atoms with Gasteiger partial charge in [-0.3, -0.25) is 4.79 Å². The summed E-state index contributed by atoms with van der Waals surface area (Å²) in [5.41, 5.74) is 2.59. The summed E-state index contributed by atoms with van der Waals surface area (Å²) in [7, 11) is 0. The zero-order valence-electron chi connectivity index (χ0n) is 17.6. The lowest BCUT2D eigenvalue weighted by molar-refractivity contribution is -0.123. The smallest absolute Gasteiger partial charge is 0.361 e. The zero-order valence-corrected chi connectivity index (χ0v) is 17.6. The second-order valence-corrected chi connectivity index (χ2v) is 7.22. The lowest BCUT2D eigenvalue weighted by atomic mass is 9.97. The molecule has 0 fully saturated rings. The maximum Gasteiger partial charge on any atom is 0.361 e. The second kappa shape index (κ2) is 9.39. The number of hydrogen-bond donors (Lipinski definition) is 1. The first-order valence-corrected chi connectivity index (χ1v) is 10.0. The summed E-state index contributed by atoms with van der Waals surface area (Å²) >= 11 is 0. The second-order valence-electron chi connectivity index (χ2n) is 7.22. The van der Waals surface area contributed by atoms with Crippen LogP contribution >= 0.6 is 0 Å². The number of hydrogen-bond acceptors (Lipinski definition) is 5. The Bertz CT molecular complexity index is 1030. The molecule has 6 heteroatoms. The highest BCUT2D eigenvalue weighted by atomic mass is 16.5. The van der Waals surface area contributed by atoms with Gasteiger partial charge < -0.3 is 14.5 Å². The molecule has 0 aliphatic carbocycles. The Morgan fingerprint density at radius 2 is 1.73 bits per heavy atom. The van der Waals surface area contributed by atoms with E-state index in [1.54, 1.807) is 6.92 Å². The van der Waals surface area contributed by atoms with E-state index in [1.165, 1.54) is 6.92 Å². The van der Waals surface area contributed by atoms with Crippen molar-refractivity contribution >= 4 is 17.6 Å². The van der Waals surface area contributed by atoms with Gasteiger partial charge in [0.2, 0.25) is 5.89 Å². The Hall–Kier alpha value is -3.41. The van der Waals surface area contributed by atoms with Crippen LogP contribution in [0.15, 0.2) is 59.0 Å². The Morgan fingerprint density at radius 1 is 1.07 bits per heavy atom. The van der Waals surface area contributed by atoms with Gasteiger partial charge in [-0.2, -0.15) is 0 Å². The molecule has 1 amide bonds. The first-order valence-electron chi connectivity index (χ1n) is 10.0. The van der Waals surface area contributed by atoms with Crippen molar-refractivity contribution in [2.45, 2.75) is 46.1 Å². The van der Waals surface area contributed by atoms with Gasteiger partial charge in [-0.1, -0.05) is 50.2 Å². The van der Waals surface area contributed by atoms with E-state index in [1.807, 2.05) is 54.6 Å².